The first kappa shape index (κ1) is 23.0. The van der Waals surface area contributed by atoms with E-state index < -0.39 is 21.7 Å². The molecule has 0 saturated carbocycles. The topological polar surface area (TPSA) is 97.4 Å². The zero-order chi connectivity index (χ0) is 22.8. The number of halogens is 2. The number of aryl methyl sites for hydroxylation is 1. The second-order valence-electron chi connectivity index (χ2n) is 6.57. The van der Waals surface area contributed by atoms with Gasteiger partial charge in [-0.3, -0.25) is 9.52 Å². The van der Waals surface area contributed by atoms with Gasteiger partial charge in [0.05, 0.1) is 29.6 Å². The highest BCUT2D eigenvalue weighted by Gasteiger charge is 2.18. The van der Waals surface area contributed by atoms with Crippen molar-refractivity contribution in [2.75, 3.05) is 22.9 Å². The van der Waals surface area contributed by atoms with Crippen LogP contribution >= 0.6 is 22.9 Å². The van der Waals surface area contributed by atoms with Crippen molar-refractivity contribution in [3.8, 4) is 17.0 Å². The summed E-state index contributed by atoms with van der Waals surface area (Å²) in [7, 11) is -3.51. The average molecular weight is 484 g/mol. The average Bonchev–Trinajstić information content (AvgIpc) is 3.02. The van der Waals surface area contributed by atoms with Gasteiger partial charge in [-0.25, -0.2) is 17.8 Å². The molecule has 164 valence electrons. The molecule has 0 fully saturated rings. The van der Waals surface area contributed by atoms with E-state index in [4.69, 9.17) is 16.3 Å². The molecule has 1 aromatic carbocycles. The maximum absolute atomic E-state index is 14.5. The number of pyridine rings is 1. The van der Waals surface area contributed by atoms with Gasteiger partial charge in [0, 0.05) is 27.2 Å². The van der Waals surface area contributed by atoms with Crippen molar-refractivity contribution < 1.29 is 22.3 Å². The number of aromatic nitrogens is 1. The number of nitrogens with one attached hydrogen (secondary N) is 2. The van der Waals surface area contributed by atoms with Gasteiger partial charge in [-0.1, -0.05) is 11.6 Å². The number of thiophene rings is 1. The SMILES string of the molecule is CCOc1cnc(-c2cc(C(=O)Nc3cc(Cl)cc(NS(C)(=O)=O)c3)sc2C)c(F)c1. The number of ether oxygens (including phenoxy) is 1. The molecule has 11 heteroatoms. The van der Waals surface area contributed by atoms with Gasteiger partial charge in [-0.15, -0.1) is 11.3 Å². The highest BCUT2D eigenvalue weighted by atomic mass is 35.5. The molecule has 3 aromatic rings. The molecule has 0 atom stereocenters. The Morgan fingerprint density at radius 1 is 1.23 bits per heavy atom. The van der Waals surface area contributed by atoms with Gasteiger partial charge in [-0.2, -0.15) is 0 Å². The van der Waals surface area contributed by atoms with E-state index in [1.165, 1.54) is 41.8 Å². The quantitative estimate of drug-likeness (QED) is 0.496. The van der Waals surface area contributed by atoms with Gasteiger partial charge >= 0.3 is 0 Å². The molecule has 2 aromatic heterocycles. The Morgan fingerprint density at radius 2 is 1.94 bits per heavy atom. The second-order valence-corrected chi connectivity index (χ2v) is 10.0. The summed E-state index contributed by atoms with van der Waals surface area (Å²) in [5, 5.41) is 2.92. The van der Waals surface area contributed by atoms with E-state index in [0.717, 1.165) is 6.26 Å². The molecule has 0 radical (unpaired) electrons. The fourth-order valence-corrected chi connectivity index (χ4v) is 4.52. The van der Waals surface area contributed by atoms with Gasteiger partial charge < -0.3 is 10.1 Å². The number of benzene rings is 1. The van der Waals surface area contributed by atoms with Crippen LogP contribution in [0.1, 0.15) is 21.5 Å². The minimum Gasteiger partial charge on any atom is -0.492 e. The monoisotopic (exact) mass is 483 g/mol. The third-order valence-corrected chi connectivity index (χ3v) is 5.86. The number of nitrogens with zero attached hydrogens (tertiary/aromatic N) is 1. The third kappa shape index (κ3) is 5.93. The van der Waals surface area contributed by atoms with E-state index in [2.05, 4.69) is 15.0 Å². The number of carbonyl (C=O) groups is 1. The Balaban J connectivity index is 1.85. The van der Waals surface area contributed by atoms with Gasteiger partial charge in [0.25, 0.3) is 5.91 Å². The lowest BCUT2D eigenvalue weighted by Crippen LogP contribution is -2.12. The highest BCUT2D eigenvalue weighted by Crippen LogP contribution is 2.33. The normalized spacial score (nSPS) is 11.3. The van der Waals surface area contributed by atoms with Crippen molar-refractivity contribution in [1.82, 2.24) is 4.98 Å². The Morgan fingerprint density at radius 3 is 2.58 bits per heavy atom. The van der Waals surface area contributed by atoms with Crippen LogP contribution in [0.2, 0.25) is 5.02 Å². The Hall–Kier alpha value is -2.69. The van der Waals surface area contributed by atoms with Crippen LogP contribution in [0.4, 0.5) is 15.8 Å². The lowest BCUT2D eigenvalue weighted by molar-refractivity contribution is 0.103. The van der Waals surface area contributed by atoms with Crippen molar-refractivity contribution in [2.45, 2.75) is 13.8 Å². The van der Waals surface area contributed by atoms with Crippen LogP contribution in [0.3, 0.4) is 0 Å². The summed E-state index contributed by atoms with van der Waals surface area (Å²) in [4.78, 5) is 17.9. The first-order chi connectivity index (χ1) is 14.6. The number of hydrogen-bond acceptors (Lipinski definition) is 6. The predicted molar refractivity (Wildman–Crippen MR) is 121 cm³/mol. The molecule has 0 bridgehead atoms. The molecule has 0 aliphatic carbocycles. The largest absolute Gasteiger partial charge is 0.492 e. The van der Waals surface area contributed by atoms with Crippen molar-refractivity contribution >= 4 is 50.2 Å². The van der Waals surface area contributed by atoms with E-state index in [1.54, 1.807) is 19.9 Å². The number of anilines is 2. The zero-order valence-electron chi connectivity index (χ0n) is 16.8. The van der Waals surface area contributed by atoms with Gasteiger partial charge in [0.2, 0.25) is 10.0 Å². The molecule has 0 aliphatic heterocycles. The number of hydrogen-bond donors (Lipinski definition) is 2. The van der Waals surface area contributed by atoms with Gasteiger partial charge in [-0.05, 0) is 38.1 Å². The molecule has 0 aliphatic rings. The number of rotatable bonds is 7. The standard InChI is InChI=1S/C20H19ClFN3O4S2/c1-4-29-15-8-17(22)19(23-10-15)16-9-18(30-11(16)2)20(26)24-13-5-12(21)6-14(7-13)25-31(3,27)28/h5-10,25H,4H2,1-3H3,(H,24,26). The van der Waals surface area contributed by atoms with E-state index in [0.29, 0.717) is 33.4 Å². The maximum Gasteiger partial charge on any atom is 0.265 e. The first-order valence-corrected chi connectivity index (χ1v) is 12.1. The van der Waals surface area contributed by atoms with E-state index in [9.17, 15) is 17.6 Å². The fraction of sp³-hybridized carbons (Fsp3) is 0.200. The van der Waals surface area contributed by atoms with Crippen LogP contribution in [-0.4, -0.2) is 32.2 Å². The molecule has 3 rings (SSSR count). The maximum atomic E-state index is 14.5. The molecular weight excluding hydrogens is 465 g/mol. The van der Waals surface area contributed by atoms with Gasteiger partial charge in [0.15, 0.2) is 5.82 Å². The van der Waals surface area contributed by atoms with Crippen LogP contribution in [0.15, 0.2) is 36.5 Å². The minimum absolute atomic E-state index is 0.124. The molecule has 7 nitrogen and oxygen atoms in total. The summed E-state index contributed by atoms with van der Waals surface area (Å²) < 4.78 is 45.0. The molecule has 1 amide bonds. The van der Waals surface area contributed by atoms with E-state index >= 15 is 0 Å². The second kappa shape index (κ2) is 9.21. The highest BCUT2D eigenvalue weighted by molar-refractivity contribution is 7.92. The number of amides is 1. The van der Waals surface area contributed by atoms with Crippen LogP contribution in [0, 0.1) is 12.7 Å². The summed E-state index contributed by atoms with van der Waals surface area (Å²) in [6.07, 6.45) is 2.44. The molecule has 0 spiro atoms. The van der Waals surface area contributed by atoms with E-state index in [1.807, 2.05) is 0 Å². The number of sulfonamides is 1. The summed E-state index contributed by atoms with van der Waals surface area (Å²) in [5.41, 5.74) is 1.15. The van der Waals surface area contributed by atoms with Crippen molar-refractivity contribution in [3.63, 3.8) is 0 Å². The van der Waals surface area contributed by atoms with Crippen molar-refractivity contribution in [1.29, 1.82) is 0 Å². The van der Waals surface area contributed by atoms with Crippen LogP contribution < -0.4 is 14.8 Å². The molecule has 2 heterocycles. The van der Waals surface area contributed by atoms with Crippen molar-refractivity contribution in [2.24, 2.45) is 0 Å². The fourth-order valence-electron chi connectivity index (χ4n) is 2.82. The summed E-state index contributed by atoms with van der Waals surface area (Å²) in [6, 6.07) is 7.17. The van der Waals surface area contributed by atoms with Crippen LogP contribution in [0.25, 0.3) is 11.3 Å². The van der Waals surface area contributed by atoms with Crippen molar-refractivity contribution in [3.05, 3.63) is 57.1 Å². The lowest BCUT2D eigenvalue weighted by atomic mass is 10.1. The molecule has 0 saturated heterocycles. The Labute approximate surface area is 188 Å². The smallest absolute Gasteiger partial charge is 0.265 e. The molecular formula is C20H19ClFN3O4S2. The molecule has 0 unspecified atom stereocenters. The lowest BCUT2D eigenvalue weighted by Gasteiger charge is -2.09. The number of carbonyl (C=O) groups excluding carboxylic acids is 1. The first-order valence-electron chi connectivity index (χ1n) is 9.04. The molecule has 2 N–H and O–H groups in total. The summed E-state index contributed by atoms with van der Waals surface area (Å²) >= 11 is 7.21. The molecule has 31 heavy (non-hydrogen) atoms. The minimum atomic E-state index is -3.51. The Kier molecular flexibility index (Phi) is 6.83. The summed E-state index contributed by atoms with van der Waals surface area (Å²) in [6.45, 7) is 3.95. The van der Waals surface area contributed by atoms with E-state index in [-0.39, 0.29) is 16.4 Å². The Bertz CT molecular complexity index is 1250. The van der Waals surface area contributed by atoms with Crippen LogP contribution in [-0.2, 0) is 10.0 Å². The summed E-state index contributed by atoms with van der Waals surface area (Å²) in [5.74, 6) is -0.669. The van der Waals surface area contributed by atoms with Gasteiger partial charge in [0.1, 0.15) is 11.4 Å². The van der Waals surface area contributed by atoms with Crippen LogP contribution in [0.5, 0.6) is 5.75 Å². The third-order valence-electron chi connectivity index (χ3n) is 3.98. The predicted octanol–water partition coefficient (Wildman–Crippen LogP) is 4.93. The zero-order valence-corrected chi connectivity index (χ0v) is 19.2.